The molecular weight excluding hydrogens is 243 g/mol. The Kier molecular flexibility index (Phi) is 5.16. The summed E-state index contributed by atoms with van der Waals surface area (Å²) < 4.78 is 18.7. The molecule has 19 heavy (non-hydrogen) atoms. The van der Waals surface area contributed by atoms with E-state index in [2.05, 4.69) is 24.1 Å². The predicted molar refractivity (Wildman–Crippen MR) is 76.0 cm³/mol. The fourth-order valence-corrected chi connectivity index (χ4v) is 2.50. The number of nitrogens with zero attached hydrogens (tertiary/aromatic N) is 1. The monoisotopic (exact) mass is 266 g/mol. The number of hydrogen-bond donors (Lipinski definition) is 1. The molecule has 0 bridgehead atoms. The van der Waals surface area contributed by atoms with Gasteiger partial charge in [0.05, 0.1) is 12.7 Å². The third-order valence-electron chi connectivity index (χ3n) is 3.61. The van der Waals surface area contributed by atoms with E-state index in [-0.39, 0.29) is 5.82 Å². The summed E-state index contributed by atoms with van der Waals surface area (Å²) >= 11 is 0. The third-order valence-corrected chi connectivity index (χ3v) is 3.61. The molecule has 0 aliphatic carbocycles. The highest BCUT2D eigenvalue weighted by atomic mass is 19.1. The Bertz CT molecular complexity index is 399. The van der Waals surface area contributed by atoms with Crippen LogP contribution in [0, 0.1) is 5.82 Å². The summed E-state index contributed by atoms with van der Waals surface area (Å²) in [5.41, 5.74) is 0.842. The van der Waals surface area contributed by atoms with Crippen molar-refractivity contribution in [2.75, 3.05) is 31.6 Å². The largest absolute Gasteiger partial charge is 0.384 e. The van der Waals surface area contributed by atoms with Crippen LogP contribution in [0.2, 0.25) is 0 Å². The maximum atomic E-state index is 13.1. The van der Waals surface area contributed by atoms with E-state index in [1.807, 2.05) is 6.07 Å². The van der Waals surface area contributed by atoms with E-state index in [9.17, 15) is 4.39 Å². The zero-order valence-corrected chi connectivity index (χ0v) is 11.7. The maximum absolute atomic E-state index is 13.1. The zero-order chi connectivity index (χ0) is 13.7. The van der Waals surface area contributed by atoms with Crippen molar-refractivity contribution >= 4 is 5.69 Å². The fourth-order valence-electron chi connectivity index (χ4n) is 2.50. The molecule has 0 spiro atoms. The molecule has 1 heterocycles. The molecule has 1 aliphatic rings. The SMILES string of the molecule is CCC1COC(C)CN1CCNc1cccc(F)c1. The number of anilines is 1. The van der Waals surface area contributed by atoms with Crippen LogP contribution in [-0.4, -0.2) is 43.3 Å². The maximum Gasteiger partial charge on any atom is 0.125 e. The molecule has 4 heteroatoms. The molecule has 2 unspecified atom stereocenters. The summed E-state index contributed by atoms with van der Waals surface area (Å²) in [6.45, 7) is 7.88. The van der Waals surface area contributed by atoms with Crippen LogP contribution in [-0.2, 0) is 4.74 Å². The molecule has 1 fully saturated rings. The van der Waals surface area contributed by atoms with E-state index in [0.717, 1.165) is 38.3 Å². The van der Waals surface area contributed by atoms with Gasteiger partial charge < -0.3 is 10.1 Å². The third kappa shape index (κ3) is 4.18. The molecule has 1 saturated heterocycles. The molecule has 1 N–H and O–H groups in total. The lowest BCUT2D eigenvalue weighted by atomic mass is 10.1. The number of morpholine rings is 1. The lowest BCUT2D eigenvalue weighted by Gasteiger charge is -2.38. The molecule has 0 saturated carbocycles. The summed E-state index contributed by atoms with van der Waals surface area (Å²) in [6, 6.07) is 7.11. The lowest BCUT2D eigenvalue weighted by Crippen LogP contribution is -2.49. The van der Waals surface area contributed by atoms with E-state index >= 15 is 0 Å². The van der Waals surface area contributed by atoms with Crippen molar-refractivity contribution in [3.05, 3.63) is 30.1 Å². The molecule has 0 aromatic heterocycles. The number of hydrogen-bond acceptors (Lipinski definition) is 3. The van der Waals surface area contributed by atoms with Crippen LogP contribution < -0.4 is 5.32 Å². The second kappa shape index (κ2) is 6.87. The first kappa shape index (κ1) is 14.3. The second-order valence-corrected chi connectivity index (χ2v) is 5.14. The van der Waals surface area contributed by atoms with Gasteiger partial charge in [-0.05, 0) is 31.5 Å². The van der Waals surface area contributed by atoms with Crippen LogP contribution in [0.3, 0.4) is 0 Å². The van der Waals surface area contributed by atoms with Gasteiger partial charge in [-0.1, -0.05) is 13.0 Å². The van der Waals surface area contributed by atoms with E-state index in [4.69, 9.17) is 4.74 Å². The number of benzene rings is 1. The molecular formula is C15H23FN2O. The van der Waals surface area contributed by atoms with Gasteiger partial charge in [-0.15, -0.1) is 0 Å². The normalized spacial score (nSPS) is 24.4. The summed E-state index contributed by atoms with van der Waals surface area (Å²) in [5.74, 6) is -0.198. The quantitative estimate of drug-likeness (QED) is 0.887. The number of rotatable bonds is 5. The van der Waals surface area contributed by atoms with Crippen LogP contribution in [0.15, 0.2) is 24.3 Å². The van der Waals surface area contributed by atoms with Crippen molar-refractivity contribution in [2.45, 2.75) is 32.4 Å². The van der Waals surface area contributed by atoms with Gasteiger partial charge in [-0.25, -0.2) is 4.39 Å². The molecule has 0 amide bonds. The Balaban J connectivity index is 1.80. The first-order chi connectivity index (χ1) is 9.19. The molecule has 1 aliphatic heterocycles. The predicted octanol–water partition coefficient (Wildman–Crippen LogP) is 2.74. The van der Waals surface area contributed by atoms with Crippen molar-refractivity contribution in [1.29, 1.82) is 0 Å². The summed E-state index contributed by atoms with van der Waals surface area (Å²) in [6.07, 6.45) is 1.41. The van der Waals surface area contributed by atoms with E-state index in [0.29, 0.717) is 12.1 Å². The Labute approximate surface area is 114 Å². The minimum Gasteiger partial charge on any atom is -0.384 e. The average molecular weight is 266 g/mol. The second-order valence-electron chi connectivity index (χ2n) is 5.14. The van der Waals surface area contributed by atoms with E-state index in [1.54, 1.807) is 6.07 Å². The Morgan fingerprint density at radius 1 is 1.47 bits per heavy atom. The molecule has 2 rings (SSSR count). The standard InChI is InChI=1S/C15H23FN2O/c1-3-15-11-19-12(2)10-18(15)8-7-17-14-6-4-5-13(16)9-14/h4-6,9,12,15,17H,3,7-8,10-11H2,1-2H3. The van der Waals surface area contributed by atoms with Crippen LogP contribution in [0.1, 0.15) is 20.3 Å². The van der Waals surface area contributed by atoms with Gasteiger partial charge in [0.25, 0.3) is 0 Å². The minimum absolute atomic E-state index is 0.198. The van der Waals surface area contributed by atoms with E-state index in [1.165, 1.54) is 12.1 Å². The fraction of sp³-hybridized carbons (Fsp3) is 0.600. The molecule has 106 valence electrons. The molecule has 0 radical (unpaired) electrons. The van der Waals surface area contributed by atoms with Crippen LogP contribution in [0.25, 0.3) is 0 Å². The zero-order valence-electron chi connectivity index (χ0n) is 11.7. The van der Waals surface area contributed by atoms with Gasteiger partial charge in [-0.3, -0.25) is 4.90 Å². The number of ether oxygens (including phenoxy) is 1. The van der Waals surface area contributed by atoms with Gasteiger partial charge in [0.1, 0.15) is 5.82 Å². The smallest absolute Gasteiger partial charge is 0.125 e. The summed E-state index contributed by atoms with van der Waals surface area (Å²) in [7, 11) is 0. The Hall–Kier alpha value is -1.13. The van der Waals surface area contributed by atoms with Crippen LogP contribution in [0.4, 0.5) is 10.1 Å². The molecule has 2 atom stereocenters. The summed E-state index contributed by atoms with van der Waals surface area (Å²) in [5, 5.41) is 3.27. The van der Waals surface area contributed by atoms with Crippen LogP contribution in [0.5, 0.6) is 0 Å². The van der Waals surface area contributed by atoms with Crippen molar-refractivity contribution in [1.82, 2.24) is 4.90 Å². The number of halogens is 1. The molecule has 1 aromatic carbocycles. The summed E-state index contributed by atoms with van der Waals surface area (Å²) in [4.78, 5) is 2.46. The highest BCUT2D eigenvalue weighted by Crippen LogP contribution is 2.14. The lowest BCUT2D eigenvalue weighted by molar-refractivity contribution is -0.0541. The first-order valence-corrected chi connectivity index (χ1v) is 7.04. The van der Waals surface area contributed by atoms with Gasteiger partial charge >= 0.3 is 0 Å². The first-order valence-electron chi connectivity index (χ1n) is 7.04. The highest BCUT2D eigenvalue weighted by Gasteiger charge is 2.24. The van der Waals surface area contributed by atoms with E-state index < -0.39 is 0 Å². The van der Waals surface area contributed by atoms with Gasteiger partial charge in [0, 0.05) is 31.4 Å². The molecule has 3 nitrogen and oxygen atoms in total. The Morgan fingerprint density at radius 3 is 3.05 bits per heavy atom. The van der Waals surface area contributed by atoms with Crippen molar-refractivity contribution in [3.8, 4) is 0 Å². The number of nitrogens with one attached hydrogen (secondary N) is 1. The van der Waals surface area contributed by atoms with Crippen LogP contribution >= 0.6 is 0 Å². The molecule has 1 aromatic rings. The van der Waals surface area contributed by atoms with Crippen molar-refractivity contribution < 1.29 is 9.13 Å². The van der Waals surface area contributed by atoms with Crippen molar-refractivity contribution in [2.24, 2.45) is 0 Å². The van der Waals surface area contributed by atoms with Gasteiger partial charge in [0.2, 0.25) is 0 Å². The minimum atomic E-state index is -0.198. The topological polar surface area (TPSA) is 24.5 Å². The average Bonchev–Trinajstić information content (AvgIpc) is 2.39. The Morgan fingerprint density at radius 2 is 2.32 bits per heavy atom. The van der Waals surface area contributed by atoms with Gasteiger partial charge in [0.15, 0.2) is 0 Å². The van der Waals surface area contributed by atoms with Crippen molar-refractivity contribution in [3.63, 3.8) is 0 Å². The van der Waals surface area contributed by atoms with Gasteiger partial charge in [-0.2, -0.15) is 0 Å². The highest BCUT2D eigenvalue weighted by molar-refractivity contribution is 5.42.